The summed E-state index contributed by atoms with van der Waals surface area (Å²) in [4.78, 5) is 19.2. The third kappa shape index (κ3) is 5.18. The van der Waals surface area contributed by atoms with Crippen LogP contribution in [-0.4, -0.2) is 21.4 Å². The van der Waals surface area contributed by atoms with Gasteiger partial charge in [-0.3, -0.25) is 9.97 Å². The van der Waals surface area contributed by atoms with Gasteiger partial charge in [0.1, 0.15) is 5.71 Å². The Morgan fingerprint density at radius 3 is 1.71 bits per heavy atom. The van der Waals surface area contributed by atoms with Crippen molar-refractivity contribution < 1.29 is 9.68 Å². The van der Waals surface area contributed by atoms with Gasteiger partial charge >= 0.3 is 0 Å². The van der Waals surface area contributed by atoms with Crippen LogP contribution in [0.4, 0.5) is 0 Å². The summed E-state index contributed by atoms with van der Waals surface area (Å²) in [5, 5.41) is 8.27. The Hall–Kier alpha value is -4.32. The smallest absolute Gasteiger partial charge is 0.158 e. The van der Waals surface area contributed by atoms with Crippen LogP contribution >= 0.6 is 0 Å². The van der Waals surface area contributed by atoms with Gasteiger partial charge in [-0.1, -0.05) is 77.0 Å². The molecule has 168 valence electrons. The van der Waals surface area contributed by atoms with Crippen molar-refractivity contribution in [1.82, 2.24) is 9.97 Å². The van der Waals surface area contributed by atoms with E-state index in [9.17, 15) is 0 Å². The van der Waals surface area contributed by atoms with Crippen LogP contribution in [0, 0.1) is 0 Å². The molecule has 2 aromatic heterocycles. The molecule has 4 heterocycles. The van der Waals surface area contributed by atoms with E-state index in [1.807, 2.05) is 66.7 Å². The van der Waals surface area contributed by atoms with Crippen molar-refractivity contribution in [3.63, 3.8) is 0 Å². The number of hydrogen-bond acceptors (Lipinski definition) is 6. The van der Waals surface area contributed by atoms with Gasteiger partial charge in [-0.05, 0) is 35.4 Å². The molecule has 6 nitrogen and oxygen atoms in total. The molecule has 2 aliphatic rings. The Kier molecular flexibility index (Phi) is 6.67. The van der Waals surface area contributed by atoms with E-state index in [1.165, 1.54) is 5.56 Å². The van der Waals surface area contributed by atoms with E-state index >= 15 is 0 Å². The molecule has 0 saturated carbocycles. The fraction of sp³-hybridized carbons (Fsp3) is 0.143. The first kappa shape index (κ1) is 21.5. The third-order valence-corrected chi connectivity index (χ3v) is 5.65. The first-order chi connectivity index (χ1) is 16.9. The van der Waals surface area contributed by atoms with Crippen molar-refractivity contribution in [3.8, 4) is 0 Å². The summed E-state index contributed by atoms with van der Waals surface area (Å²) in [6.07, 6.45) is 6.97. The maximum absolute atomic E-state index is 5.47. The van der Waals surface area contributed by atoms with Crippen LogP contribution in [0.25, 0.3) is 0 Å². The van der Waals surface area contributed by atoms with E-state index < -0.39 is 0 Å². The molecule has 2 aliphatic heterocycles. The summed E-state index contributed by atoms with van der Waals surface area (Å²) in [6.45, 7) is 0. The molecule has 0 bridgehead atoms. The number of nitrogens with zero attached hydrogens (tertiary/aromatic N) is 4. The highest BCUT2D eigenvalue weighted by molar-refractivity contribution is 6.01. The summed E-state index contributed by atoms with van der Waals surface area (Å²) in [5.74, 6) is 0. The first-order valence-electron chi connectivity index (χ1n) is 11.2. The van der Waals surface area contributed by atoms with Gasteiger partial charge in [-0.25, -0.2) is 0 Å². The highest BCUT2D eigenvalue weighted by Crippen LogP contribution is 2.29. The molecule has 4 aromatic rings. The highest BCUT2D eigenvalue weighted by atomic mass is 16.6. The lowest BCUT2D eigenvalue weighted by molar-refractivity contribution is 0.0856. The van der Waals surface area contributed by atoms with E-state index in [1.54, 1.807) is 18.6 Å². The van der Waals surface area contributed by atoms with E-state index in [-0.39, 0.29) is 12.2 Å². The minimum atomic E-state index is 0.0215. The Labute approximate surface area is 198 Å². The van der Waals surface area contributed by atoms with Crippen LogP contribution < -0.4 is 0 Å². The van der Waals surface area contributed by atoms with Crippen molar-refractivity contribution in [3.05, 3.63) is 132 Å². The van der Waals surface area contributed by atoms with E-state index in [4.69, 9.17) is 9.68 Å². The molecule has 34 heavy (non-hydrogen) atoms. The maximum Gasteiger partial charge on any atom is 0.158 e. The second-order valence-corrected chi connectivity index (χ2v) is 7.94. The number of benzene rings is 2. The Morgan fingerprint density at radius 1 is 0.559 bits per heavy atom. The molecule has 2 aromatic carbocycles. The minimum Gasteiger partial charge on any atom is -0.387 e. The monoisotopic (exact) mass is 448 g/mol. The van der Waals surface area contributed by atoms with Gasteiger partial charge in [-0.2, -0.15) is 0 Å². The number of aromatic nitrogens is 2. The van der Waals surface area contributed by atoms with Gasteiger partial charge in [0, 0.05) is 37.0 Å². The molecule has 2 atom stereocenters. The zero-order chi connectivity index (χ0) is 23.0. The second-order valence-electron chi connectivity index (χ2n) is 7.94. The average Bonchev–Trinajstić information content (AvgIpc) is 3.62. The molecule has 2 unspecified atom stereocenters. The lowest BCUT2D eigenvalue weighted by Gasteiger charge is -2.07. The summed E-state index contributed by atoms with van der Waals surface area (Å²) in [6, 6.07) is 30.0. The minimum absolute atomic E-state index is 0.0215. The normalized spacial score (nSPS) is 18.6. The van der Waals surface area contributed by atoms with Crippen LogP contribution in [0.1, 0.15) is 47.4 Å². The summed E-state index contributed by atoms with van der Waals surface area (Å²) >= 11 is 0. The van der Waals surface area contributed by atoms with E-state index in [0.717, 1.165) is 41.1 Å². The highest BCUT2D eigenvalue weighted by Gasteiger charge is 2.24. The average molecular weight is 449 g/mol. The maximum atomic E-state index is 5.47. The Morgan fingerprint density at radius 2 is 1.12 bits per heavy atom. The third-order valence-electron chi connectivity index (χ3n) is 5.65. The topological polar surface area (TPSA) is 69.0 Å². The van der Waals surface area contributed by atoms with E-state index in [2.05, 4.69) is 44.5 Å². The number of pyridine rings is 2. The Bertz CT molecular complexity index is 1150. The second kappa shape index (κ2) is 10.5. The predicted molar refractivity (Wildman–Crippen MR) is 131 cm³/mol. The van der Waals surface area contributed by atoms with Crippen molar-refractivity contribution >= 4 is 11.4 Å². The van der Waals surface area contributed by atoms with Gasteiger partial charge in [0.05, 0.1) is 11.4 Å². The molecule has 0 aliphatic carbocycles. The lowest BCUT2D eigenvalue weighted by atomic mass is 10.0. The first-order valence-corrected chi connectivity index (χ1v) is 11.2. The summed E-state index contributed by atoms with van der Waals surface area (Å²) < 4.78 is 0. The van der Waals surface area contributed by atoms with Crippen LogP contribution in [0.3, 0.4) is 0 Å². The van der Waals surface area contributed by atoms with Crippen molar-refractivity contribution in [2.24, 2.45) is 10.3 Å². The molecular weight excluding hydrogens is 424 g/mol. The van der Waals surface area contributed by atoms with E-state index in [0.29, 0.717) is 0 Å². The number of hydrogen-bond donors (Lipinski definition) is 0. The summed E-state index contributed by atoms with van der Waals surface area (Å²) in [7, 11) is 0. The molecule has 0 N–H and O–H groups in total. The molecule has 0 fully saturated rings. The molecule has 0 amide bonds. The van der Waals surface area contributed by atoms with Crippen molar-refractivity contribution in [2.45, 2.75) is 25.0 Å². The lowest BCUT2D eigenvalue weighted by Crippen LogP contribution is -2.02. The van der Waals surface area contributed by atoms with Crippen molar-refractivity contribution in [2.75, 3.05) is 0 Å². The zero-order valence-electron chi connectivity index (χ0n) is 18.6. The molecule has 0 spiro atoms. The number of rotatable bonds is 4. The quantitative estimate of drug-likeness (QED) is 0.390. The molecule has 6 rings (SSSR count). The predicted octanol–water partition coefficient (Wildman–Crippen LogP) is 5.89. The largest absolute Gasteiger partial charge is 0.387 e. The van der Waals surface area contributed by atoms with Crippen molar-refractivity contribution in [1.29, 1.82) is 0 Å². The van der Waals surface area contributed by atoms with Crippen LogP contribution in [0.5, 0.6) is 0 Å². The van der Waals surface area contributed by atoms with Gasteiger partial charge < -0.3 is 9.68 Å². The molecular formula is C28H24N4O2. The zero-order valence-corrected chi connectivity index (χ0v) is 18.6. The number of oxime groups is 2. The Balaban J connectivity index is 0.000000142. The van der Waals surface area contributed by atoms with Crippen LogP contribution in [-0.2, 0) is 9.68 Å². The summed E-state index contributed by atoms with van der Waals surface area (Å²) in [5.41, 5.74) is 6.20. The molecule has 6 heteroatoms. The van der Waals surface area contributed by atoms with Crippen LogP contribution in [0.2, 0.25) is 0 Å². The van der Waals surface area contributed by atoms with Gasteiger partial charge in [-0.15, -0.1) is 0 Å². The SMILES string of the molecule is c1ccc(C2CC(c3ccccn3)=NO2)cc1.c1ccc(C2CC(c3ccncc3)=NO2)cc1. The fourth-order valence-corrected chi connectivity index (χ4v) is 3.85. The fourth-order valence-electron chi connectivity index (χ4n) is 3.85. The van der Waals surface area contributed by atoms with Gasteiger partial charge in [0.25, 0.3) is 0 Å². The molecule has 0 saturated heterocycles. The molecule has 0 radical (unpaired) electrons. The standard InChI is InChI=1S/2C14H12N2O/c1-2-6-11(7-3-1)14-10-13(16-17-14)12-8-4-5-9-15-12;1-2-4-12(5-3-1)14-10-13(16-17-14)11-6-8-15-9-7-11/h2*1-9,14H,10H2. The van der Waals surface area contributed by atoms with Crippen LogP contribution in [0.15, 0.2) is 120 Å². The van der Waals surface area contributed by atoms with Gasteiger partial charge in [0.15, 0.2) is 12.2 Å². The van der Waals surface area contributed by atoms with Gasteiger partial charge in [0.2, 0.25) is 0 Å².